The first-order valence-corrected chi connectivity index (χ1v) is 8.67. The van der Waals surface area contributed by atoms with Crippen LogP contribution in [0.5, 0.6) is 0 Å². The van der Waals surface area contributed by atoms with Gasteiger partial charge in [0.05, 0.1) is 11.3 Å². The van der Waals surface area contributed by atoms with Crippen LogP contribution in [-0.2, 0) is 6.42 Å². The van der Waals surface area contributed by atoms with Crippen molar-refractivity contribution in [2.24, 2.45) is 0 Å². The van der Waals surface area contributed by atoms with Gasteiger partial charge in [0.25, 0.3) is 0 Å². The Hall–Kier alpha value is -3.15. The molecule has 0 unspecified atom stereocenters. The zero-order valence-corrected chi connectivity index (χ0v) is 14.7. The number of hydrogen-bond donors (Lipinski definition) is 1. The summed E-state index contributed by atoms with van der Waals surface area (Å²) in [6, 6.07) is 11.2. The van der Waals surface area contributed by atoms with E-state index in [0.29, 0.717) is 29.2 Å². The van der Waals surface area contributed by atoms with Crippen molar-refractivity contribution in [2.45, 2.75) is 25.7 Å². The van der Waals surface area contributed by atoms with E-state index in [0.717, 1.165) is 17.3 Å². The molecule has 1 aliphatic carbocycles. The average Bonchev–Trinajstić information content (AvgIpc) is 2.62. The first kappa shape index (κ1) is 17.3. The minimum absolute atomic E-state index is 0.118. The van der Waals surface area contributed by atoms with Crippen LogP contribution in [0.15, 0.2) is 48.7 Å². The summed E-state index contributed by atoms with van der Waals surface area (Å²) < 4.78 is 27.1. The van der Waals surface area contributed by atoms with Crippen molar-refractivity contribution < 1.29 is 13.6 Å². The third kappa shape index (κ3) is 3.69. The van der Waals surface area contributed by atoms with Gasteiger partial charge in [-0.3, -0.25) is 4.79 Å². The highest BCUT2D eigenvalue weighted by Crippen LogP contribution is 2.33. The molecule has 6 heteroatoms. The van der Waals surface area contributed by atoms with Crippen LogP contribution in [0.4, 0.5) is 20.4 Å². The molecule has 1 aliphatic rings. The van der Waals surface area contributed by atoms with E-state index < -0.39 is 11.6 Å². The lowest BCUT2D eigenvalue weighted by molar-refractivity contribution is 0.0962. The predicted molar refractivity (Wildman–Crippen MR) is 98.2 cm³/mol. The highest BCUT2D eigenvalue weighted by atomic mass is 19.1. The maximum absolute atomic E-state index is 13.6. The number of rotatable bonds is 3. The van der Waals surface area contributed by atoms with Gasteiger partial charge in [0.1, 0.15) is 11.6 Å². The van der Waals surface area contributed by atoms with Crippen LogP contribution in [-0.4, -0.2) is 15.8 Å². The largest absolute Gasteiger partial charge is 0.324 e. The number of carbonyl (C=O) groups is 1. The van der Waals surface area contributed by atoms with E-state index in [1.54, 1.807) is 0 Å². The van der Waals surface area contributed by atoms with Gasteiger partial charge in [-0.15, -0.1) is 0 Å². The van der Waals surface area contributed by atoms with Crippen molar-refractivity contribution in [1.29, 1.82) is 0 Å². The van der Waals surface area contributed by atoms with E-state index in [-0.39, 0.29) is 18.1 Å². The molecule has 0 fully saturated rings. The molecule has 0 amide bonds. The maximum Gasteiger partial charge on any atom is 0.227 e. The summed E-state index contributed by atoms with van der Waals surface area (Å²) >= 11 is 0. The molecule has 136 valence electrons. The number of aryl methyl sites for hydroxylation is 1. The van der Waals surface area contributed by atoms with Crippen LogP contribution in [0.25, 0.3) is 0 Å². The molecule has 1 N–H and O–H groups in total. The highest BCUT2D eigenvalue weighted by Gasteiger charge is 2.28. The number of anilines is 2. The molecule has 3 aromatic rings. The predicted octanol–water partition coefficient (Wildman–Crippen LogP) is 4.72. The Morgan fingerprint density at radius 3 is 2.44 bits per heavy atom. The quantitative estimate of drug-likeness (QED) is 0.730. The lowest BCUT2D eigenvalue weighted by atomic mass is 9.82. The molecule has 0 saturated carbocycles. The van der Waals surface area contributed by atoms with E-state index in [9.17, 15) is 13.6 Å². The van der Waals surface area contributed by atoms with Crippen LogP contribution >= 0.6 is 0 Å². The van der Waals surface area contributed by atoms with E-state index in [4.69, 9.17) is 0 Å². The molecule has 0 radical (unpaired) electrons. The summed E-state index contributed by atoms with van der Waals surface area (Å²) in [5.41, 5.74) is 3.51. The Labute approximate surface area is 155 Å². The average molecular weight is 365 g/mol. The van der Waals surface area contributed by atoms with Crippen molar-refractivity contribution in [3.63, 3.8) is 0 Å². The Morgan fingerprint density at radius 1 is 1.04 bits per heavy atom. The number of Topliss-reactive ketones (excluding diaryl/α,β-unsaturated/α-hetero) is 1. The van der Waals surface area contributed by atoms with Gasteiger partial charge in [0.2, 0.25) is 5.95 Å². The van der Waals surface area contributed by atoms with E-state index in [1.807, 2.05) is 31.2 Å². The van der Waals surface area contributed by atoms with Crippen LogP contribution < -0.4 is 5.32 Å². The number of fused-ring (bicyclic) bond motifs is 1. The van der Waals surface area contributed by atoms with Crippen molar-refractivity contribution in [3.8, 4) is 0 Å². The van der Waals surface area contributed by atoms with Crippen molar-refractivity contribution in [1.82, 2.24) is 9.97 Å². The molecule has 27 heavy (non-hydrogen) atoms. The first-order valence-electron chi connectivity index (χ1n) is 8.67. The fourth-order valence-electron chi connectivity index (χ4n) is 3.32. The second-order valence-electron chi connectivity index (χ2n) is 6.78. The third-order valence-electron chi connectivity index (χ3n) is 4.70. The second-order valence-corrected chi connectivity index (χ2v) is 6.78. The zero-order valence-electron chi connectivity index (χ0n) is 14.7. The van der Waals surface area contributed by atoms with Gasteiger partial charge in [-0.25, -0.2) is 18.7 Å². The lowest BCUT2D eigenvalue weighted by Gasteiger charge is -2.23. The van der Waals surface area contributed by atoms with Crippen LogP contribution in [0.1, 0.15) is 39.5 Å². The molecule has 0 bridgehead atoms. The summed E-state index contributed by atoms with van der Waals surface area (Å²) in [6.07, 6.45) is 2.13. The summed E-state index contributed by atoms with van der Waals surface area (Å²) in [7, 11) is 0. The van der Waals surface area contributed by atoms with Gasteiger partial charge >= 0.3 is 0 Å². The Morgan fingerprint density at radius 2 is 1.74 bits per heavy atom. The molecule has 0 aliphatic heterocycles. The normalized spacial score (nSPS) is 16.1. The number of ketones is 1. The lowest BCUT2D eigenvalue weighted by Crippen LogP contribution is -2.21. The number of halogens is 2. The maximum atomic E-state index is 13.6. The zero-order chi connectivity index (χ0) is 19.0. The molecule has 1 aromatic heterocycles. The number of hydrogen-bond acceptors (Lipinski definition) is 4. The van der Waals surface area contributed by atoms with Crippen LogP contribution in [0.3, 0.4) is 0 Å². The molecule has 2 aromatic carbocycles. The van der Waals surface area contributed by atoms with Gasteiger partial charge < -0.3 is 5.32 Å². The molecule has 1 heterocycles. The smallest absolute Gasteiger partial charge is 0.227 e. The second kappa shape index (κ2) is 6.87. The number of benzene rings is 2. The number of carbonyl (C=O) groups excluding carboxylic acids is 1. The Bertz CT molecular complexity index is 998. The topological polar surface area (TPSA) is 54.9 Å². The molecule has 4 nitrogen and oxygen atoms in total. The first-order chi connectivity index (χ1) is 13.0. The van der Waals surface area contributed by atoms with Gasteiger partial charge in [-0.1, -0.05) is 17.7 Å². The molecule has 1 atom stereocenters. The number of aromatic nitrogens is 2. The monoisotopic (exact) mass is 365 g/mol. The van der Waals surface area contributed by atoms with Gasteiger partial charge in [-0.2, -0.15) is 0 Å². The molecule has 4 rings (SSSR count). The van der Waals surface area contributed by atoms with Crippen LogP contribution in [0, 0.1) is 18.6 Å². The Kier molecular flexibility index (Phi) is 4.39. The van der Waals surface area contributed by atoms with Gasteiger partial charge in [0.15, 0.2) is 5.78 Å². The molecular formula is C21H17F2N3O. The third-order valence-corrected chi connectivity index (χ3v) is 4.70. The SMILES string of the molecule is Cc1ccc(Nc2ncc3c(n2)C[C@@H](c2cc(F)cc(F)c2)CC3=O)cc1. The summed E-state index contributed by atoms with van der Waals surface area (Å²) in [5.74, 6) is -1.33. The highest BCUT2D eigenvalue weighted by molar-refractivity contribution is 5.98. The van der Waals surface area contributed by atoms with Crippen molar-refractivity contribution in [3.05, 3.63) is 82.7 Å². The number of nitrogens with zero attached hydrogens (tertiary/aromatic N) is 2. The molecular weight excluding hydrogens is 348 g/mol. The fraction of sp³-hybridized carbons (Fsp3) is 0.190. The Balaban J connectivity index is 1.62. The van der Waals surface area contributed by atoms with Crippen LogP contribution in [0.2, 0.25) is 0 Å². The van der Waals surface area contributed by atoms with Crippen molar-refractivity contribution in [2.75, 3.05) is 5.32 Å². The molecule has 0 spiro atoms. The van der Waals surface area contributed by atoms with E-state index in [1.165, 1.54) is 18.3 Å². The van der Waals surface area contributed by atoms with Gasteiger partial charge in [-0.05, 0) is 49.1 Å². The van der Waals surface area contributed by atoms with E-state index in [2.05, 4.69) is 15.3 Å². The minimum Gasteiger partial charge on any atom is -0.324 e. The fourth-order valence-corrected chi connectivity index (χ4v) is 3.32. The molecule has 0 saturated heterocycles. The summed E-state index contributed by atoms with van der Waals surface area (Å²) in [4.78, 5) is 21.2. The minimum atomic E-state index is -0.646. The standard InChI is InChI=1S/C21H17F2N3O/c1-12-2-4-17(5-3-12)25-21-24-11-18-19(26-21)8-14(9-20(18)27)13-6-15(22)10-16(23)7-13/h2-7,10-11,14H,8-9H2,1H3,(H,24,25,26)/t14-/m1/s1. The summed E-state index contributed by atoms with van der Waals surface area (Å²) in [6.45, 7) is 2.00. The van der Waals surface area contributed by atoms with Crippen molar-refractivity contribution >= 4 is 17.4 Å². The van der Waals surface area contributed by atoms with E-state index >= 15 is 0 Å². The van der Waals surface area contributed by atoms with Gasteiger partial charge in [0, 0.05) is 24.4 Å². The summed E-state index contributed by atoms with van der Waals surface area (Å²) in [5, 5.41) is 3.12. The number of nitrogens with one attached hydrogen (secondary N) is 1.